The lowest BCUT2D eigenvalue weighted by Gasteiger charge is -2.53. The van der Waals surface area contributed by atoms with Crippen LogP contribution in [0.4, 0.5) is 0 Å². The molecule has 10 unspecified atom stereocenters. The second-order valence-corrected chi connectivity index (χ2v) is 54.0. The molecule has 0 spiro atoms. The van der Waals surface area contributed by atoms with Crippen LogP contribution >= 0.6 is 22.6 Å². The molecule has 0 saturated carbocycles. The monoisotopic (exact) mass is 1450 g/mol. The van der Waals surface area contributed by atoms with E-state index in [1.54, 1.807) is 19.2 Å². The molecule has 5 saturated heterocycles. The fourth-order valence-corrected chi connectivity index (χ4v) is 19.1. The highest BCUT2D eigenvalue weighted by Crippen LogP contribution is 2.49. The third-order valence-corrected chi connectivity index (χ3v) is 42.5. The van der Waals surface area contributed by atoms with Gasteiger partial charge in [-0.15, -0.1) is 0 Å². The number of carbonyl (C=O) groups excluding carboxylic acids is 2. The SMILES string of the molecule is C=C1C(C)C[C@H]2CC[C@@H]3O[C@@H](CCC(OC(=O)c4ccccc4)/C=C/C(O[Si](C)(C)C(C)(C)C)C4O[C@H]5CC[C@H](CC(=O)CC6[C@H](CC1O)O[C@H](CC(CO[Si](C)(C)C(C)(C)C)O[Si](C)(C)C(C)(C)C)[C@@H]6OC)OC5[C@H](O)C4O[Si](C)(C)C(C)(C)C)CC3(CI)O2. The van der Waals surface area contributed by atoms with Gasteiger partial charge in [-0.05, 0) is 147 Å². The van der Waals surface area contributed by atoms with Gasteiger partial charge in [0.05, 0.1) is 79.3 Å². The Morgan fingerprint density at radius 2 is 1.30 bits per heavy atom. The van der Waals surface area contributed by atoms with Gasteiger partial charge in [-0.3, -0.25) is 4.79 Å². The molecule has 8 aliphatic heterocycles. The molecule has 2 N–H and O–H groups in total. The summed E-state index contributed by atoms with van der Waals surface area (Å²) in [6.07, 6.45) is 0.878. The maximum Gasteiger partial charge on any atom is 0.338 e. The van der Waals surface area contributed by atoms with Gasteiger partial charge in [0.2, 0.25) is 0 Å². The van der Waals surface area contributed by atoms with E-state index in [2.05, 4.69) is 172 Å². The second-order valence-electron chi connectivity index (χ2n) is 34.1. The number of esters is 1. The summed E-state index contributed by atoms with van der Waals surface area (Å²) in [6.45, 7) is 51.7. The number of halogens is 1. The first kappa shape index (κ1) is 77.3. The fourth-order valence-electron chi connectivity index (χ4n) is 13.2. The van der Waals surface area contributed by atoms with E-state index in [0.29, 0.717) is 62.7 Å². The zero-order chi connectivity index (χ0) is 67.8. The van der Waals surface area contributed by atoms with Crippen LogP contribution in [0.3, 0.4) is 0 Å². The van der Waals surface area contributed by atoms with Gasteiger partial charge in [-0.2, -0.15) is 0 Å². The first-order valence-corrected chi connectivity index (χ1v) is 47.6. The Morgan fingerprint density at radius 3 is 1.90 bits per heavy atom. The molecule has 0 radical (unpaired) electrons. The maximum absolute atomic E-state index is 15.1. The topological polar surface area (TPSA) is 176 Å². The Kier molecular flexibility index (Phi) is 25.7. The molecular formula is C71H123IO15Si4. The Balaban J connectivity index is 1.27. The molecule has 0 aromatic heterocycles. The number of ketones is 1. The predicted octanol–water partition coefficient (Wildman–Crippen LogP) is 15.4. The summed E-state index contributed by atoms with van der Waals surface area (Å²) in [5.74, 6) is -0.951. The Hall–Kier alpha value is -1.04. The molecule has 0 amide bonds. The third-order valence-electron chi connectivity index (χ3n) is 23.2. The summed E-state index contributed by atoms with van der Waals surface area (Å²) in [5, 5.41) is 25.0. The predicted molar refractivity (Wildman–Crippen MR) is 380 cm³/mol. The molecule has 19 atom stereocenters. The summed E-state index contributed by atoms with van der Waals surface area (Å²) < 4.78 is 78.5. The molecule has 1 aromatic carbocycles. The average Bonchev–Trinajstić information content (AvgIpc) is 1.38. The number of Topliss-reactive ketones (excluding diaryl/α,β-unsaturated/α-hetero) is 1. The number of benzene rings is 1. The van der Waals surface area contributed by atoms with E-state index in [1.165, 1.54) is 0 Å². The van der Waals surface area contributed by atoms with Crippen LogP contribution in [0, 0.1) is 11.8 Å². The van der Waals surface area contributed by atoms with E-state index in [-0.39, 0.29) is 75.5 Å². The largest absolute Gasteiger partial charge is 0.455 e. The minimum absolute atomic E-state index is 0.00973. The molecular weight excluding hydrogens is 1330 g/mol. The van der Waals surface area contributed by atoms with Crippen molar-refractivity contribution in [2.75, 3.05) is 18.1 Å². The molecule has 0 aliphatic carbocycles. The van der Waals surface area contributed by atoms with Crippen LogP contribution in [0.2, 0.25) is 72.5 Å². The number of ether oxygens (including phenoxy) is 7. The third kappa shape index (κ3) is 18.8. The zero-order valence-corrected chi connectivity index (χ0v) is 66.3. The number of methoxy groups -OCH3 is 1. The van der Waals surface area contributed by atoms with Gasteiger partial charge in [0.15, 0.2) is 33.3 Å². The number of aliphatic hydroxyl groups is 2. The van der Waals surface area contributed by atoms with Crippen molar-refractivity contribution in [3.8, 4) is 0 Å². The molecule has 5 fully saturated rings. The van der Waals surface area contributed by atoms with Crippen LogP contribution in [0.25, 0.3) is 0 Å². The van der Waals surface area contributed by atoms with Crippen LogP contribution in [0.1, 0.15) is 177 Å². The smallest absolute Gasteiger partial charge is 0.338 e. The van der Waals surface area contributed by atoms with E-state index in [1.807, 2.05) is 30.4 Å². The second kappa shape index (κ2) is 30.2. The summed E-state index contributed by atoms with van der Waals surface area (Å²) in [4.78, 5) is 29.1. The molecule has 7 bridgehead atoms. The Bertz CT molecular complexity index is 2590. The van der Waals surface area contributed by atoms with E-state index in [9.17, 15) is 15.0 Å². The first-order valence-electron chi connectivity index (χ1n) is 34.5. The number of alkyl halides is 1. The molecule has 20 heteroatoms. The quantitative estimate of drug-likeness (QED) is 0.0557. The van der Waals surface area contributed by atoms with Crippen molar-refractivity contribution in [2.45, 2.75) is 343 Å². The number of fused-ring (bicyclic) bond motifs is 2. The molecule has 91 heavy (non-hydrogen) atoms. The minimum atomic E-state index is -2.66. The number of carbonyl (C=O) groups is 2. The molecule has 15 nitrogen and oxygen atoms in total. The van der Waals surface area contributed by atoms with Gasteiger partial charge in [-0.25, -0.2) is 4.79 Å². The molecule has 520 valence electrons. The molecule has 9 rings (SSSR count). The Morgan fingerprint density at radius 1 is 0.692 bits per heavy atom. The summed E-state index contributed by atoms with van der Waals surface area (Å²) in [6, 6.07) is 9.09. The normalized spacial score (nSPS) is 35.7. The van der Waals surface area contributed by atoms with Crippen LogP contribution < -0.4 is 0 Å². The van der Waals surface area contributed by atoms with Crippen molar-refractivity contribution in [3.05, 3.63) is 60.2 Å². The minimum Gasteiger partial charge on any atom is -0.455 e. The van der Waals surface area contributed by atoms with Gasteiger partial charge < -0.3 is 61.1 Å². The summed E-state index contributed by atoms with van der Waals surface area (Å²) in [7, 11) is -8.10. The van der Waals surface area contributed by atoms with Gasteiger partial charge in [-0.1, -0.05) is 143 Å². The van der Waals surface area contributed by atoms with E-state index >= 15 is 4.79 Å². The lowest BCUT2D eigenvalue weighted by Crippen LogP contribution is -2.67. The maximum atomic E-state index is 15.1. The van der Waals surface area contributed by atoms with Gasteiger partial charge in [0.1, 0.15) is 41.9 Å². The fraction of sp³-hybridized carbons (Fsp3) is 0.831. The van der Waals surface area contributed by atoms with Crippen molar-refractivity contribution in [3.63, 3.8) is 0 Å². The number of hydrogen-bond donors (Lipinski definition) is 2. The van der Waals surface area contributed by atoms with Gasteiger partial charge >= 0.3 is 5.97 Å². The van der Waals surface area contributed by atoms with Crippen LogP contribution in [-0.2, 0) is 55.7 Å². The van der Waals surface area contributed by atoms with E-state index in [4.69, 9.17) is 50.9 Å². The standard InChI is InChI=1S/C71H123IO15Si4/c1-45-37-51-33-36-60-71(44-72,84-51)42-52(79-60)30-29-49(81-66(76)47-27-25-24-26-28-47)31-35-57(86-90(20,21)69(9,10)11)64-65(87-91(22,23)70(12,13)14)61(75)63-56(83-64)34-32-50(80-63)38-48(73)39-54-58(41-55(74)46(45)2)82-59(62(54)77-15)40-53(85-89(18,19)68(6,7)8)43-78-88(16,17)67(3,4)5/h24-28,31,35,45,49-65,74-75H,2,29-30,32-34,36-44H2,1,3-23H3/b35-31+/t45?,49?,50-,51-,52+,53?,54?,55?,56+,57?,58+,59-,60+,61+,62-,63?,64?,65?,71?/m1/s1. The van der Waals surface area contributed by atoms with Crippen LogP contribution in [0.15, 0.2) is 54.6 Å². The van der Waals surface area contributed by atoms with Crippen molar-refractivity contribution >= 4 is 67.6 Å². The van der Waals surface area contributed by atoms with Crippen molar-refractivity contribution in [1.82, 2.24) is 0 Å². The summed E-state index contributed by atoms with van der Waals surface area (Å²) in [5.41, 5.74) is 0.642. The average molecular weight is 1460 g/mol. The van der Waals surface area contributed by atoms with Crippen LogP contribution in [-0.4, -0.2) is 177 Å². The van der Waals surface area contributed by atoms with Crippen molar-refractivity contribution in [1.29, 1.82) is 0 Å². The van der Waals surface area contributed by atoms with Gasteiger partial charge in [0, 0.05) is 49.6 Å². The molecule has 8 heterocycles. The lowest BCUT2D eigenvalue weighted by atomic mass is 9.82. The van der Waals surface area contributed by atoms with E-state index < -0.39 is 124 Å². The Labute approximate surface area is 567 Å². The number of aliphatic hydroxyl groups excluding tert-OH is 2. The zero-order valence-electron chi connectivity index (χ0n) is 60.1. The van der Waals surface area contributed by atoms with Crippen molar-refractivity contribution in [2.24, 2.45) is 11.8 Å². The molecule has 1 aromatic rings. The highest BCUT2D eigenvalue weighted by Gasteiger charge is 2.57. The summed E-state index contributed by atoms with van der Waals surface area (Å²) >= 11 is 2.46. The number of rotatable bonds is 15. The first-order chi connectivity index (χ1) is 41.9. The lowest BCUT2D eigenvalue weighted by molar-refractivity contribution is -0.269. The highest BCUT2D eigenvalue weighted by molar-refractivity contribution is 14.1. The highest BCUT2D eigenvalue weighted by atomic mass is 127. The van der Waals surface area contributed by atoms with E-state index in [0.717, 1.165) is 17.3 Å². The van der Waals surface area contributed by atoms with Crippen LogP contribution in [0.5, 0.6) is 0 Å². The molecule has 8 aliphatic rings. The van der Waals surface area contributed by atoms with Gasteiger partial charge in [0.25, 0.3) is 0 Å². The number of hydrogen-bond acceptors (Lipinski definition) is 15. The van der Waals surface area contributed by atoms with Crippen molar-refractivity contribution < 1.29 is 70.7 Å².